The van der Waals surface area contributed by atoms with E-state index < -0.39 is 0 Å². The molecule has 0 spiro atoms. The number of hydrogen-bond donors (Lipinski definition) is 3. The van der Waals surface area contributed by atoms with E-state index in [-0.39, 0.29) is 35.9 Å². The van der Waals surface area contributed by atoms with E-state index in [0.717, 1.165) is 31.5 Å². The predicted molar refractivity (Wildman–Crippen MR) is 97.8 cm³/mol. The number of carbonyl (C=O) groups is 2. The molecule has 0 aliphatic carbocycles. The van der Waals surface area contributed by atoms with Gasteiger partial charge in [-0.3, -0.25) is 9.59 Å². The summed E-state index contributed by atoms with van der Waals surface area (Å²) in [6.07, 6.45) is 3.45. The molecule has 1 aliphatic rings. The van der Waals surface area contributed by atoms with Crippen molar-refractivity contribution in [1.29, 1.82) is 0 Å². The molecule has 0 bridgehead atoms. The zero-order valence-electron chi connectivity index (χ0n) is 13.8. The first-order chi connectivity index (χ1) is 11.7. The summed E-state index contributed by atoms with van der Waals surface area (Å²) in [7, 11) is 0. The average Bonchev–Trinajstić information content (AvgIpc) is 3.16. The first-order valence-corrected chi connectivity index (χ1v) is 8.14. The summed E-state index contributed by atoms with van der Waals surface area (Å²) in [6.45, 7) is 2.24. The summed E-state index contributed by atoms with van der Waals surface area (Å²) in [6, 6.07) is 10.7. The van der Waals surface area contributed by atoms with Gasteiger partial charge < -0.3 is 20.4 Å². The quantitative estimate of drug-likeness (QED) is 0.762. The number of amides is 2. The topological polar surface area (TPSA) is 83.4 Å². The molecular formula is C18H22ClN3O3. The lowest BCUT2D eigenvalue weighted by molar-refractivity contribution is -0.125. The lowest BCUT2D eigenvalue weighted by Gasteiger charge is -2.21. The highest BCUT2D eigenvalue weighted by atomic mass is 35.5. The number of carbonyl (C=O) groups excluding carboxylic acids is 2. The van der Waals surface area contributed by atoms with Gasteiger partial charge in [0.1, 0.15) is 0 Å². The van der Waals surface area contributed by atoms with Crippen LogP contribution in [0.5, 0.6) is 0 Å². The van der Waals surface area contributed by atoms with Crippen molar-refractivity contribution in [3.8, 4) is 0 Å². The minimum atomic E-state index is -0.286. The summed E-state index contributed by atoms with van der Waals surface area (Å²) in [5.41, 5.74) is 1.67. The van der Waals surface area contributed by atoms with Crippen LogP contribution in [0.15, 0.2) is 47.1 Å². The maximum absolute atomic E-state index is 12.1. The van der Waals surface area contributed by atoms with Crippen molar-refractivity contribution in [3.63, 3.8) is 0 Å². The third kappa shape index (κ3) is 5.34. The van der Waals surface area contributed by atoms with E-state index in [1.165, 1.54) is 6.26 Å². The zero-order chi connectivity index (χ0) is 16.8. The number of benzene rings is 1. The van der Waals surface area contributed by atoms with E-state index in [1.807, 2.05) is 24.3 Å². The number of nitrogens with one attached hydrogen (secondary N) is 3. The van der Waals surface area contributed by atoms with Crippen molar-refractivity contribution < 1.29 is 14.0 Å². The highest BCUT2D eigenvalue weighted by Gasteiger charge is 2.20. The fraction of sp³-hybridized carbons (Fsp3) is 0.333. The average molecular weight is 364 g/mol. The van der Waals surface area contributed by atoms with E-state index in [1.54, 1.807) is 12.1 Å². The van der Waals surface area contributed by atoms with Crippen LogP contribution in [0, 0.1) is 5.92 Å². The summed E-state index contributed by atoms with van der Waals surface area (Å²) < 4.78 is 5.05. The van der Waals surface area contributed by atoms with Gasteiger partial charge in [-0.2, -0.15) is 0 Å². The van der Waals surface area contributed by atoms with E-state index in [4.69, 9.17) is 4.42 Å². The molecule has 7 heteroatoms. The fourth-order valence-electron chi connectivity index (χ4n) is 2.72. The number of piperidine rings is 1. The minimum Gasteiger partial charge on any atom is -0.459 e. The van der Waals surface area contributed by atoms with Crippen molar-refractivity contribution >= 4 is 29.9 Å². The van der Waals surface area contributed by atoms with Gasteiger partial charge in [0.25, 0.3) is 5.91 Å². The molecular weight excluding hydrogens is 342 g/mol. The third-order valence-corrected chi connectivity index (χ3v) is 4.09. The van der Waals surface area contributed by atoms with Gasteiger partial charge in [-0.15, -0.1) is 12.4 Å². The van der Waals surface area contributed by atoms with Crippen LogP contribution < -0.4 is 16.0 Å². The van der Waals surface area contributed by atoms with E-state index in [2.05, 4.69) is 16.0 Å². The Morgan fingerprint density at radius 1 is 1.20 bits per heavy atom. The maximum Gasteiger partial charge on any atom is 0.291 e. The van der Waals surface area contributed by atoms with Gasteiger partial charge in [-0.25, -0.2) is 0 Å². The first-order valence-electron chi connectivity index (χ1n) is 8.14. The largest absolute Gasteiger partial charge is 0.459 e. The minimum absolute atomic E-state index is 0. The van der Waals surface area contributed by atoms with Crippen LogP contribution >= 0.6 is 12.4 Å². The highest BCUT2D eigenvalue weighted by Crippen LogP contribution is 2.13. The Kier molecular flexibility index (Phi) is 7.03. The summed E-state index contributed by atoms with van der Waals surface area (Å²) in [5, 5.41) is 8.97. The first kappa shape index (κ1) is 19.0. The molecule has 134 valence electrons. The van der Waals surface area contributed by atoms with Gasteiger partial charge in [0, 0.05) is 18.8 Å². The molecule has 1 aliphatic heterocycles. The highest BCUT2D eigenvalue weighted by molar-refractivity contribution is 6.02. The van der Waals surface area contributed by atoms with Gasteiger partial charge in [0.15, 0.2) is 5.76 Å². The lowest BCUT2D eigenvalue weighted by Crippen LogP contribution is -2.40. The van der Waals surface area contributed by atoms with Crippen LogP contribution in [-0.2, 0) is 11.3 Å². The summed E-state index contributed by atoms with van der Waals surface area (Å²) >= 11 is 0. The molecule has 0 saturated carbocycles. The van der Waals surface area contributed by atoms with Crippen LogP contribution in [0.4, 0.5) is 5.69 Å². The Morgan fingerprint density at radius 3 is 2.64 bits per heavy atom. The molecule has 1 fully saturated rings. The Balaban J connectivity index is 0.00000225. The molecule has 1 aromatic carbocycles. The molecule has 6 nitrogen and oxygen atoms in total. The summed E-state index contributed by atoms with van der Waals surface area (Å²) in [4.78, 5) is 24.0. The number of anilines is 1. The SMILES string of the molecule is Cl.O=C(Nc1ccc(CNC(=O)C2CCCNC2)cc1)c1ccco1. The molecule has 2 aromatic rings. The van der Waals surface area contributed by atoms with Crippen molar-refractivity contribution in [1.82, 2.24) is 10.6 Å². The molecule has 3 N–H and O–H groups in total. The van der Waals surface area contributed by atoms with Crippen molar-refractivity contribution in [3.05, 3.63) is 54.0 Å². The Hall–Kier alpha value is -2.31. The fourth-order valence-corrected chi connectivity index (χ4v) is 2.72. The van der Waals surface area contributed by atoms with E-state index >= 15 is 0 Å². The molecule has 3 rings (SSSR count). The van der Waals surface area contributed by atoms with E-state index in [9.17, 15) is 9.59 Å². The number of halogens is 1. The smallest absolute Gasteiger partial charge is 0.291 e. The van der Waals surface area contributed by atoms with Crippen LogP contribution in [0.1, 0.15) is 29.0 Å². The van der Waals surface area contributed by atoms with Gasteiger partial charge in [0.2, 0.25) is 5.91 Å². The molecule has 2 heterocycles. The molecule has 1 atom stereocenters. The van der Waals surface area contributed by atoms with E-state index in [0.29, 0.717) is 12.2 Å². The van der Waals surface area contributed by atoms with Gasteiger partial charge >= 0.3 is 0 Å². The summed E-state index contributed by atoms with van der Waals surface area (Å²) in [5.74, 6) is 0.140. The molecule has 1 unspecified atom stereocenters. The van der Waals surface area contributed by atoms with Gasteiger partial charge in [-0.05, 0) is 49.2 Å². The van der Waals surface area contributed by atoms with Crippen LogP contribution in [-0.4, -0.2) is 24.9 Å². The zero-order valence-corrected chi connectivity index (χ0v) is 14.6. The molecule has 1 aromatic heterocycles. The lowest BCUT2D eigenvalue weighted by atomic mass is 9.99. The Labute approximate surface area is 152 Å². The molecule has 1 saturated heterocycles. The van der Waals surface area contributed by atoms with Crippen LogP contribution in [0.25, 0.3) is 0 Å². The normalized spacial score (nSPS) is 16.6. The van der Waals surface area contributed by atoms with Crippen molar-refractivity contribution in [2.75, 3.05) is 18.4 Å². The van der Waals surface area contributed by atoms with Crippen molar-refractivity contribution in [2.45, 2.75) is 19.4 Å². The second-order valence-electron chi connectivity index (χ2n) is 5.89. The maximum atomic E-state index is 12.1. The van der Waals surface area contributed by atoms with Crippen LogP contribution in [0.3, 0.4) is 0 Å². The van der Waals surface area contributed by atoms with Gasteiger partial charge in [-0.1, -0.05) is 12.1 Å². The Bertz CT molecular complexity index is 680. The monoisotopic (exact) mass is 363 g/mol. The number of furan rings is 1. The predicted octanol–water partition coefficient (Wildman–Crippen LogP) is 2.57. The molecule has 25 heavy (non-hydrogen) atoms. The third-order valence-electron chi connectivity index (χ3n) is 4.09. The van der Waals surface area contributed by atoms with Crippen LogP contribution in [0.2, 0.25) is 0 Å². The van der Waals surface area contributed by atoms with Crippen molar-refractivity contribution in [2.24, 2.45) is 5.92 Å². The Morgan fingerprint density at radius 2 is 2.00 bits per heavy atom. The van der Waals surface area contributed by atoms with Gasteiger partial charge in [0.05, 0.1) is 12.2 Å². The second kappa shape index (κ2) is 9.25. The standard InChI is InChI=1S/C18H21N3O3.ClH/c22-17(14-3-1-9-19-12-14)20-11-13-5-7-15(8-6-13)21-18(23)16-4-2-10-24-16;/h2,4-8,10,14,19H,1,3,9,11-12H2,(H,20,22)(H,21,23);1H. The molecule has 2 amide bonds. The number of rotatable bonds is 5. The number of hydrogen-bond acceptors (Lipinski definition) is 4. The molecule has 0 radical (unpaired) electrons. The second-order valence-corrected chi connectivity index (χ2v) is 5.89.